The highest BCUT2D eigenvalue weighted by Crippen LogP contribution is 2.26. The highest BCUT2D eigenvalue weighted by Gasteiger charge is 2.34. The zero-order valence-electron chi connectivity index (χ0n) is 13.9. The molecule has 2 aromatic heterocycles. The minimum Gasteiger partial charge on any atom is -0.358 e. The molecule has 1 N–H and O–H groups in total. The van der Waals surface area contributed by atoms with Crippen molar-refractivity contribution in [2.45, 2.75) is 19.4 Å². The lowest BCUT2D eigenvalue weighted by atomic mass is 10.2. The molecule has 4 rings (SSSR count). The van der Waals surface area contributed by atoms with E-state index in [1.165, 1.54) is 18.5 Å². The van der Waals surface area contributed by atoms with Gasteiger partial charge < -0.3 is 5.32 Å². The first kappa shape index (κ1) is 15.5. The molecule has 3 aromatic rings. The molecular formula is C17H17FN6O. The van der Waals surface area contributed by atoms with Gasteiger partial charge >= 0.3 is 0 Å². The lowest BCUT2D eigenvalue weighted by molar-refractivity contribution is -0.117. The third-order valence-corrected chi connectivity index (χ3v) is 4.37. The molecule has 1 saturated heterocycles. The summed E-state index contributed by atoms with van der Waals surface area (Å²) in [5, 5.41) is 8.00. The number of halogens is 1. The third-order valence-electron chi connectivity index (χ3n) is 4.37. The summed E-state index contributed by atoms with van der Waals surface area (Å²) in [5.74, 6) is 0.817. The Labute approximate surface area is 143 Å². The van der Waals surface area contributed by atoms with Crippen molar-refractivity contribution in [1.29, 1.82) is 0 Å². The minimum atomic E-state index is -0.420. The van der Waals surface area contributed by atoms with Gasteiger partial charge in [0.25, 0.3) is 5.91 Å². The summed E-state index contributed by atoms with van der Waals surface area (Å²) in [6.45, 7) is 2.48. The average Bonchev–Trinajstić information content (AvgIpc) is 3.10. The van der Waals surface area contributed by atoms with Crippen molar-refractivity contribution < 1.29 is 9.18 Å². The van der Waals surface area contributed by atoms with Crippen molar-refractivity contribution >= 4 is 28.4 Å². The maximum Gasteiger partial charge on any atom is 0.250 e. The first-order valence-electron chi connectivity index (χ1n) is 8.02. The van der Waals surface area contributed by atoms with Crippen LogP contribution in [0.15, 0.2) is 30.6 Å². The van der Waals surface area contributed by atoms with Crippen LogP contribution >= 0.6 is 0 Å². The number of aryl methyl sites for hydroxylation is 2. The van der Waals surface area contributed by atoms with Crippen LogP contribution in [0.25, 0.3) is 10.9 Å². The minimum absolute atomic E-state index is 0.0498. The molecule has 1 fully saturated rings. The highest BCUT2D eigenvalue weighted by molar-refractivity contribution is 6.01. The Kier molecular flexibility index (Phi) is 3.60. The van der Waals surface area contributed by atoms with E-state index < -0.39 is 6.04 Å². The van der Waals surface area contributed by atoms with Gasteiger partial charge in [-0.25, -0.2) is 14.4 Å². The number of aromatic nitrogens is 4. The molecule has 1 aliphatic rings. The molecule has 3 heterocycles. The van der Waals surface area contributed by atoms with E-state index in [0.717, 1.165) is 11.5 Å². The molecule has 0 spiro atoms. The zero-order valence-corrected chi connectivity index (χ0v) is 13.9. The smallest absolute Gasteiger partial charge is 0.250 e. The van der Waals surface area contributed by atoms with Crippen molar-refractivity contribution in [3.63, 3.8) is 0 Å². The van der Waals surface area contributed by atoms with Gasteiger partial charge in [0, 0.05) is 25.0 Å². The highest BCUT2D eigenvalue weighted by atomic mass is 19.1. The fraction of sp³-hybridized carbons (Fsp3) is 0.294. The summed E-state index contributed by atoms with van der Waals surface area (Å²) in [6.07, 6.45) is 2.04. The molecule has 0 radical (unpaired) electrons. The second-order valence-electron chi connectivity index (χ2n) is 6.13. The molecule has 1 aliphatic heterocycles. The number of nitrogens with one attached hydrogen (secondary N) is 1. The molecule has 7 nitrogen and oxygen atoms in total. The van der Waals surface area contributed by atoms with Crippen LogP contribution in [0, 0.1) is 12.7 Å². The topological polar surface area (TPSA) is 75.9 Å². The van der Waals surface area contributed by atoms with Crippen molar-refractivity contribution in [1.82, 2.24) is 19.7 Å². The van der Waals surface area contributed by atoms with Crippen molar-refractivity contribution in [3.8, 4) is 0 Å². The van der Waals surface area contributed by atoms with Gasteiger partial charge in [-0.05, 0) is 31.5 Å². The summed E-state index contributed by atoms with van der Waals surface area (Å²) in [5.41, 5.74) is 1.49. The number of fused-ring (bicyclic) bond motifs is 1. The molecule has 8 heteroatoms. The van der Waals surface area contributed by atoms with Crippen LogP contribution < -0.4 is 10.2 Å². The quantitative estimate of drug-likeness (QED) is 0.789. The van der Waals surface area contributed by atoms with Crippen LogP contribution in [-0.4, -0.2) is 38.2 Å². The lowest BCUT2D eigenvalue weighted by Gasteiger charge is -2.17. The Morgan fingerprint density at radius 3 is 2.88 bits per heavy atom. The molecule has 1 unspecified atom stereocenters. The van der Waals surface area contributed by atoms with Crippen molar-refractivity contribution in [3.05, 3.63) is 42.1 Å². The van der Waals surface area contributed by atoms with Gasteiger partial charge in [-0.1, -0.05) is 0 Å². The average molecular weight is 340 g/mol. The molecule has 1 atom stereocenters. The molecular weight excluding hydrogens is 323 g/mol. The number of benzene rings is 1. The van der Waals surface area contributed by atoms with E-state index in [4.69, 9.17) is 0 Å². The largest absolute Gasteiger partial charge is 0.358 e. The molecule has 0 saturated carbocycles. The van der Waals surface area contributed by atoms with Crippen LogP contribution in [0.1, 0.15) is 12.1 Å². The van der Waals surface area contributed by atoms with Gasteiger partial charge in [-0.3, -0.25) is 14.4 Å². The van der Waals surface area contributed by atoms with E-state index in [2.05, 4.69) is 20.4 Å². The number of carbonyl (C=O) groups excluding carboxylic acids is 1. The molecule has 0 aliphatic carbocycles. The molecule has 1 aromatic carbocycles. The second kappa shape index (κ2) is 5.80. The standard InChI is InChI=1S/C17H17FN6O/c1-10-7-15(23(2)22-10)24-6-5-14(17(24)25)21-16-12-8-11(18)3-4-13(12)19-9-20-16/h3-4,7-9,14H,5-6H2,1-2H3,(H,19,20,21). The monoisotopic (exact) mass is 340 g/mol. The number of nitrogens with zero attached hydrogens (tertiary/aromatic N) is 5. The summed E-state index contributed by atoms with van der Waals surface area (Å²) in [7, 11) is 1.82. The van der Waals surface area contributed by atoms with Crippen LogP contribution in [0.3, 0.4) is 0 Å². The Balaban J connectivity index is 1.61. The van der Waals surface area contributed by atoms with E-state index in [-0.39, 0.29) is 11.7 Å². The van der Waals surface area contributed by atoms with Gasteiger partial charge in [0.05, 0.1) is 11.2 Å². The number of hydrogen-bond acceptors (Lipinski definition) is 5. The second-order valence-corrected chi connectivity index (χ2v) is 6.13. The fourth-order valence-electron chi connectivity index (χ4n) is 3.20. The van der Waals surface area contributed by atoms with Gasteiger partial charge in [-0.15, -0.1) is 0 Å². The van der Waals surface area contributed by atoms with Gasteiger partial charge in [0.15, 0.2) is 0 Å². The van der Waals surface area contributed by atoms with Crippen molar-refractivity contribution in [2.75, 3.05) is 16.8 Å². The molecule has 128 valence electrons. The van der Waals surface area contributed by atoms with E-state index in [9.17, 15) is 9.18 Å². The lowest BCUT2D eigenvalue weighted by Crippen LogP contribution is -2.34. The van der Waals surface area contributed by atoms with E-state index in [1.54, 1.807) is 15.6 Å². The normalized spacial score (nSPS) is 17.5. The summed E-state index contributed by atoms with van der Waals surface area (Å²) in [6, 6.07) is 5.79. The summed E-state index contributed by atoms with van der Waals surface area (Å²) in [4.78, 5) is 22.8. The number of rotatable bonds is 3. The zero-order chi connectivity index (χ0) is 17.6. The van der Waals surface area contributed by atoms with Crippen LogP contribution in [0.2, 0.25) is 0 Å². The maximum atomic E-state index is 13.6. The maximum absolute atomic E-state index is 13.6. The molecule has 0 bridgehead atoms. The molecule has 25 heavy (non-hydrogen) atoms. The van der Waals surface area contributed by atoms with E-state index >= 15 is 0 Å². The van der Waals surface area contributed by atoms with Gasteiger partial charge in [0.1, 0.15) is 29.8 Å². The summed E-state index contributed by atoms with van der Waals surface area (Å²) < 4.78 is 15.3. The Bertz CT molecular complexity index is 969. The van der Waals surface area contributed by atoms with Gasteiger partial charge in [0.2, 0.25) is 0 Å². The predicted octanol–water partition coefficient (Wildman–Crippen LogP) is 2.03. The third kappa shape index (κ3) is 2.69. The Morgan fingerprint density at radius 2 is 2.12 bits per heavy atom. The number of anilines is 2. The molecule has 1 amide bonds. The fourth-order valence-corrected chi connectivity index (χ4v) is 3.20. The van der Waals surface area contributed by atoms with Crippen molar-refractivity contribution in [2.24, 2.45) is 7.05 Å². The van der Waals surface area contributed by atoms with Crippen LogP contribution in [0.5, 0.6) is 0 Å². The first-order valence-corrected chi connectivity index (χ1v) is 8.02. The first-order chi connectivity index (χ1) is 12.0. The van der Waals surface area contributed by atoms with E-state index in [1.807, 2.05) is 20.0 Å². The Morgan fingerprint density at radius 1 is 1.28 bits per heavy atom. The number of amides is 1. The summed E-state index contributed by atoms with van der Waals surface area (Å²) >= 11 is 0. The number of carbonyl (C=O) groups is 1. The predicted molar refractivity (Wildman–Crippen MR) is 91.8 cm³/mol. The van der Waals surface area contributed by atoms with Gasteiger partial charge in [-0.2, -0.15) is 5.10 Å². The Hall–Kier alpha value is -3.03. The number of hydrogen-bond donors (Lipinski definition) is 1. The van der Waals surface area contributed by atoms with Crippen LogP contribution in [0.4, 0.5) is 16.0 Å². The van der Waals surface area contributed by atoms with Crippen LogP contribution in [-0.2, 0) is 11.8 Å². The van der Waals surface area contributed by atoms with E-state index in [0.29, 0.717) is 29.7 Å². The SMILES string of the molecule is Cc1cc(N2CCC(Nc3ncnc4ccc(F)cc34)C2=O)n(C)n1.